The summed E-state index contributed by atoms with van der Waals surface area (Å²) in [4.78, 5) is 30.4. The van der Waals surface area contributed by atoms with Crippen molar-refractivity contribution in [2.24, 2.45) is 11.3 Å². The molecule has 0 radical (unpaired) electrons. The van der Waals surface area contributed by atoms with Gasteiger partial charge in [-0.2, -0.15) is 18.4 Å². The van der Waals surface area contributed by atoms with Gasteiger partial charge < -0.3 is 14.7 Å². The lowest BCUT2D eigenvalue weighted by molar-refractivity contribution is -0.138. The van der Waals surface area contributed by atoms with Gasteiger partial charge in [-0.3, -0.25) is 9.59 Å². The smallest absolute Gasteiger partial charge is 0.359 e. The van der Waals surface area contributed by atoms with Gasteiger partial charge in [0.1, 0.15) is 6.04 Å². The van der Waals surface area contributed by atoms with Gasteiger partial charge in [0, 0.05) is 45.3 Å². The number of likely N-dealkylation sites (tertiary alicyclic amines) is 1. The first kappa shape index (κ1) is 23.9. The number of nitriles is 1. The number of amides is 2. The van der Waals surface area contributed by atoms with Crippen LogP contribution in [0.2, 0.25) is 0 Å². The number of alkyl halides is 3. The van der Waals surface area contributed by atoms with Gasteiger partial charge in [0.15, 0.2) is 0 Å². The number of hydrogen-bond donors (Lipinski definition) is 0. The Morgan fingerprint density at radius 3 is 2.34 bits per heavy atom. The number of nitrogens with zero attached hydrogens (tertiary/aromatic N) is 4. The van der Waals surface area contributed by atoms with Gasteiger partial charge in [0.25, 0.3) is 0 Å². The normalized spacial score (nSPS) is 20.5. The van der Waals surface area contributed by atoms with Crippen LogP contribution in [0.15, 0.2) is 18.2 Å². The van der Waals surface area contributed by atoms with Gasteiger partial charge in [-0.15, -0.1) is 0 Å². The molecule has 2 aliphatic heterocycles. The minimum Gasteiger partial charge on any atom is -0.359 e. The highest BCUT2D eigenvalue weighted by molar-refractivity contribution is 5.86. The number of benzene rings is 1. The molecule has 1 aromatic carbocycles. The molecular formula is C23H29F3N4O2. The highest BCUT2D eigenvalue weighted by Crippen LogP contribution is 2.46. The lowest BCUT2D eigenvalue weighted by atomic mass is 9.76. The fourth-order valence-electron chi connectivity index (χ4n) is 4.82. The lowest BCUT2D eigenvalue weighted by Crippen LogP contribution is -2.45. The predicted octanol–water partition coefficient (Wildman–Crippen LogP) is 3.51. The Bertz CT molecular complexity index is 928. The molecule has 2 heterocycles. The molecule has 6 nitrogen and oxygen atoms in total. The summed E-state index contributed by atoms with van der Waals surface area (Å²) < 4.78 is 40.6. The molecular weight excluding hydrogens is 421 g/mol. The fourth-order valence-corrected chi connectivity index (χ4v) is 4.82. The Balaban J connectivity index is 1.93. The van der Waals surface area contributed by atoms with Crippen LogP contribution in [0.5, 0.6) is 0 Å². The van der Waals surface area contributed by atoms with Crippen molar-refractivity contribution >= 4 is 17.5 Å². The van der Waals surface area contributed by atoms with Crippen LogP contribution in [0.1, 0.15) is 44.2 Å². The van der Waals surface area contributed by atoms with E-state index in [1.165, 1.54) is 17.0 Å². The summed E-state index contributed by atoms with van der Waals surface area (Å²) in [6.45, 7) is 5.31. The Hall–Kier alpha value is -2.76. The third-order valence-corrected chi connectivity index (χ3v) is 6.62. The average molecular weight is 451 g/mol. The van der Waals surface area contributed by atoms with Gasteiger partial charge in [0.2, 0.25) is 11.8 Å². The molecule has 0 saturated carbocycles. The SMILES string of the molecule is CC(C)C(=O)N1CCC2(CC1)CC(C(=O)N(C)C)N(c1ccc(C#N)c(C(F)(F)F)c1)C2. The molecule has 0 aromatic heterocycles. The number of halogens is 3. The maximum absolute atomic E-state index is 13.5. The van der Waals surface area contributed by atoms with E-state index >= 15 is 0 Å². The molecule has 9 heteroatoms. The molecule has 32 heavy (non-hydrogen) atoms. The Morgan fingerprint density at radius 2 is 1.84 bits per heavy atom. The monoisotopic (exact) mass is 450 g/mol. The van der Waals surface area contributed by atoms with Crippen LogP contribution in [-0.4, -0.2) is 61.4 Å². The summed E-state index contributed by atoms with van der Waals surface area (Å²) in [5, 5.41) is 9.10. The predicted molar refractivity (Wildman–Crippen MR) is 114 cm³/mol. The van der Waals surface area contributed by atoms with Crippen molar-refractivity contribution in [1.82, 2.24) is 9.80 Å². The largest absolute Gasteiger partial charge is 0.417 e. The van der Waals surface area contributed by atoms with Gasteiger partial charge in [0.05, 0.1) is 17.2 Å². The number of hydrogen-bond acceptors (Lipinski definition) is 4. The molecule has 174 valence electrons. The molecule has 1 aromatic rings. The van der Waals surface area contributed by atoms with Crippen molar-refractivity contribution in [3.63, 3.8) is 0 Å². The molecule has 2 fully saturated rings. The van der Waals surface area contributed by atoms with Crippen LogP contribution in [0.4, 0.5) is 18.9 Å². The van der Waals surface area contributed by atoms with E-state index in [1.807, 2.05) is 18.7 Å². The van der Waals surface area contributed by atoms with E-state index in [4.69, 9.17) is 5.26 Å². The summed E-state index contributed by atoms with van der Waals surface area (Å²) in [5.41, 5.74) is -1.40. The van der Waals surface area contributed by atoms with E-state index in [2.05, 4.69) is 0 Å². The summed E-state index contributed by atoms with van der Waals surface area (Å²) in [6, 6.07) is 4.65. The third-order valence-electron chi connectivity index (χ3n) is 6.62. The molecule has 2 amide bonds. The van der Waals surface area contributed by atoms with Crippen molar-refractivity contribution in [2.45, 2.75) is 45.3 Å². The molecule has 0 N–H and O–H groups in total. The minimum atomic E-state index is -4.66. The molecule has 1 atom stereocenters. The van der Waals surface area contributed by atoms with Crippen molar-refractivity contribution in [3.05, 3.63) is 29.3 Å². The van der Waals surface area contributed by atoms with Crippen LogP contribution in [-0.2, 0) is 15.8 Å². The Labute approximate surface area is 186 Å². The molecule has 0 bridgehead atoms. The molecule has 2 aliphatic rings. The zero-order chi connectivity index (χ0) is 23.8. The molecule has 1 spiro atoms. The summed E-state index contributed by atoms with van der Waals surface area (Å²) in [7, 11) is 3.27. The van der Waals surface area contributed by atoms with Crippen LogP contribution < -0.4 is 4.90 Å². The summed E-state index contributed by atoms with van der Waals surface area (Å²) in [5.74, 6) is -0.162. The van der Waals surface area contributed by atoms with Crippen LogP contribution >= 0.6 is 0 Å². The van der Waals surface area contributed by atoms with E-state index in [1.54, 1.807) is 25.1 Å². The second-order valence-corrected chi connectivity index (χ2v) is 9.40. The zero-order valence-corrected chi connectivity index (χ0v) is 18.9. The Kier molecular flexibility index (Phi) is 6.45. The van der Waals surface area contributed by atoms with Crippen molar-refractivity contribution in [2.75, 3.05) is 38.6 Å². The highest BCUT2D eigenvalue weighted by Gasteiger charge is 2.49. The van der Waals surface area contributed by atoms with E-state index in [-0.39, 0.29) is 28.8 Å². The van der Waals surface area contributed by atoms with E-state index in [0.717, 1.165) is 6.07 Å². The Morgan fingerprint density at radius 1 is 1.22 bits per heavy atom. The number of anilines is 1. The van der Waals surface area contributed by atoms with Crippen molar-refractivity contribution < 1.29 is 22.8 Å². The van der Waals surface area contributed by atoms with Crippen molar-refractivity contribution in [1.29, 1.82) is 5.26 Å². The van der Waals surface area contributed by atoms with Crippen LogP contribution in [0.25, 0.3) is 0 Å². The van der Waals surface area contributed by atoms with E-state index < -0.39 is 23.3 Å². The van der Waals surface area contributed by atoms with Gasteiger partial charge in [-0.25, -0.2) is 0 Å². The second kappa shape index (κ2) is 8.64. The number of likely N-dealkylation sites (N-methyl/N-ethyl adjacent to an activating group) is 1. The molecule has 1 unspecified atom stereocenters. The quantitative estimate of drug-likeness (QED) is 0.707. The third kappa shape index (κ3) is 4.54. The number of carbonyl (C=O) groups is 2. The first-order valence-electron chi connectivity index (χ1n) is 10.8. The number of rotatable bonds is 3. The van der Waals surface area contributed by atoms with Crippen LogP contribution in [0, 0.1) is 22.7 Å². The lowest BCUT2D eigenvalue weighted by Gasteiger charge is -2.40. The second-order valence-electron chi connectivity index (χ2n) is 9.40. The first-order chi connectivity index (χ1) is 14.9. The van der Waals surface area contributed by atoms with Crippen LogP contribution in [0.3, 0.4) is 0 Å². The molecule has 0 aliphatic carbocycles. The zero-order valence-electron chi connectivity index (χ0n) is 18.9. The minimum absolute atomic E-state index is 0.0911. The average Bonchev–Trinajstić information content (AvgIpc) is 3.10. The highest BCUT2D eigenvalue weighted by atomic mass is 19.4. The topological polar surface area (TPSA) is 67.7 Å². The van der Waals surface area contributed by atoms with E-state index in [0.29, 0.717) is 38.9 Å². The molecule has 3 rings (SSSR count). The van der Waals surface area contributed by atoms with Crippen molar-refractivity contribution in [3.8, 4) is 6.07 Å². The maximum Gasteiger partial charge on any atom is 0.417 e. The first-order valence-corrected chi connectivity index (χ1v) is 10.8. The summed E-state index contributed by atoms with van der Waals surface area (Å²) in [6.07, 6.45) is -2.75. The number of piperidine rings is 1. The fraction of sp³-hybridized carbons (Fsp3) is 0.609. The standard InChI is InChI=1S/C23H29F3N4O2/c1-15(2)20(31)29-9-7-22(8-10-29)12-19(21(32)28(3)4)30(14-22)17-6-5-16(13-27)18(11-17)23(24,25)26/h5-6,11,15,19H,7-10,12,14H2,1-4H3. The maximum atomic E-state index is 13.5. The van der Waals surface area contributed by atoms with Gasteiger partial charge in [-0.1, -0.05) is 13.8 Å². The van der Waals surface area contributed by atoms with Gasteiger partial charge in [-0.05, 0) is 42.9 Å². The summed E-state index contributed by atoms with van der Waals surface area (Å²) >= 11 is 0. The number of carbonyl (C=O) groups excluding carboxylic acids is 2. The van der Waals surface area contributed by atoms with E-state index in [9.17, 15) is 22.8 Å². The van der Waals surface area contributed by atoms with Gasteiger partial charge >= 0.3 is 6.18 Å². The molecule has 2 saturated heterocycles.